The van der Waals surface area contributed by atoms with Gasteiger partial charge in [-0.05, 0) is 43.9 Å². The summed E-state index contributed by atoms with van der Waals surface area (Å²) in [5, 5.41) is 0. The molecule has 2 saturated heterocycles. The van der Waals surface area contributed by atoms with Crippen molar-refractivity contribution in [3.8, 4) is 0 Å². The lowest BCUT2D eigenvalue weighted by Crippen LogP contribution is -2.37. The maximum atomic E-state index is 12.5. The lowest BCUT2D eigenvalue weighted by Gasteiger charge is -2.24. The van der Waals surface area contributed by atoms with Crippen molar-refractivity contribution in [3.05, 3.63) is 29.3 Å². The Labute approximate surface area is 166 Å². The lowest BCUT2D eigenvalue weighted by atomic mass is 10.1. The predicted octanol–water partition coefficient (Wildman–Crippen LogP) is 2.99. The van der Waals surface area contributed by atoms with Crippen LogP contribution >= 0.6 is 0 Å². The zero-order chi connectivity index (χ0) is 20.1. The second-order valence-electron chi connectivity index (χ2n) is 7.88. The van der Waals surface area contributed by atoms with E-state index >= 15 is 0 Å². The average Bonchev–Trinajstić information content (AvgIpc) is 3.03. The first-order chi connectivity index (χ1) is 13.5. The van der Waals surface area contributed by atoms with Crippen molar-refractivity contribution in [2.45, 2.75) is 52.4 Å². The highest BCUT2D eigenvalue weighted by Crippen LogP contribution is 2.29. The normalized spacial score (nSPS) is 20.6. The lowest BCUT2D eigenvalue weighted by molar-refractivity contribution is -0.155. The van der Waals surface area contributed by atoms with Crippen molar-refractivity contribution in [2.75, 3.05) is 31.1 Å². The van der Waals surface area contributed by atoms with Crippen LogP contribution in [-0.2, 0) is 19.1 Å². The van der Waals surface area contributed by atoms with Crippen LogP contribution < -0.4 is 4.90 Å². The van der Waals surface area contributed by atoms with E-state index in [-0.39, 0.29) is 24.8 Å². The summed E-state index contributed by atoms with van der Waals surface area (Å²) in [5.41, 5.74) is 2.99. The molecule has 6 heteroatoms. The van der Waals surface area contributed by atoms with E-state index in [4.69, 9.17) is 4.74 Å². The number of ether oxygens (including phenoxy) is 1. The van der Waals surface area contributed by atoms with E-state index in [1.165, 1.54) is 6.42 Å². The Hall–Kier alpha value is -2.37. The van der Waals surface area contributed by atoms with Gasteiger partial charge in [0, 0.05) is 31.7 Å². The van der Waals surface area contributed by atoms with Gasteiger partial charge in [-0.2, -0.15) is 0 Å². The third kappa shape index (κ3) is 4.72. The minimum absolute atomic E-state index is 0.0780. The highest BCUT2D eigenvalue weighted by atomic mass is 16.5. The van der Waals surface area contributed by atoms with Crippen LogP contribution in [0.3, 0.4) is 0 Å². The van der Waals surface area contributed by atoms with Crippen LogP contribution in [-0.4, -0.2) is 48.9 Å². The molecule has 0 saturated carbocycles. The van der Waals surface area contributed by atoms with Crippen molar-refractivity contribution >= 4 is 23.5 Å². The molecule has 0 bridgehead atoms. The van der Waals surface area contributed by atoms with E-state index in [1.807, 2.05) is 32.0 Å². The number of carbonyl (C=O) groups is 3. The second kappa shape index (κ2) is 9.22. The molecule has 1 aromatic rings. The molecule has 2 aliphatic rings. The summed E-state index contributed by atoms with van der Waals surface area (Å²) >= 11 is 0. The van der Waals surface area contributed by atoms with Crippen molar-refractivity contribution in [1.29, 1.82) is 0 Å². The molecule has 1 atom stereocenters. The van der Waals surface area contributed by atoms with Crippen molar-refractivity contribution in [2.24, 2.45) is 5.92 Å². The second-order valence-corrected chi connectivity index (χ2v) is 7.88. The van der Waals surface area contributed by atoms with E-state index in [9.17, 15) is 14.4 Å². The maximum absolute atomic E-state index is 12.5. The van der Waals surface area contributed by atoms with Crippen molar-refractivity contribution in [3.63, 3.8) is 0 Å². The molecule has 2 heterocycles. The molecule has 0 aromatic heterocycles. The third-order valence-electron chi connectivity index (χ3n) is 5.87. The van der Waals surface area contributed by atoms with Gasteiger partial charge in [0.15, 0.2) is 6.61 Å². The van der Waals surface area contributed by atoms with Gasteiger partial charge in [0.25, 0.3) is 5.91 Å². The number of rotatable bonds is 4. The molecule has 0 spiro atoms. The zero-order valence-corrected chi connectivity index (χ0v) is 16.9. The van der Waals surface area contributed by atoms with Gasteiger partial charge in [-0.3, -0.25) is 14.4 Å². The van der Waals surface area contributed by atoms with Gasteiger partial charge in [0.2, 0.25) is 5.91 Å². The molecule has 2 aliphatic heterocycles. The zero-order valence-electron chi connectivity index (χ0n) is 16.9. The van der Waals surface area contributed by atoms with E-state index in [2.05, 4.69) is 0 Å². The van der Waals surface area contributed by atoms with Crippen LogP contribution in [0, 0.1) is 19.8 Å². The summed E-state index contributed by atoms with van der Waals surface area (Å²) in [6, 6.07) is 5.82. The largest absolute Gasteiger partial charge is 0.455 e. The summed E-state index contributed by atoms with van der Waals surface area (Å²) < 4.78 is 5.29. The molecule has 152 valence electrons. The van der Waals surface area contributed by atoms with Crippen LogP contribution in [0.2, 0.25) is 0 Å². The van der Waals surface area contributed by atoms with Crippen molar-refractivity contribution < 1.29 is 19.1 Å². The first kappa shape index (κ1) is 20.4. The van der Waals surface area contributed by atoms with Crippen LogP contribution in [0.15, 0.2) is 18.2 Å². The minimum atomic E-state index is -0.521. The maximum Gasteiger partial charge on any atom is 0.311 e. The molecular formula is C22H30N2O4. The minimum Gasteiger partial charge on any atom is -0.455 e. The quantitative estimate of drug-likeness (QED) is 0.746. The first-order valence-corrected chi connectivity index (χ1v) is 10.3. The number of aryl methyl sites for hydroxylation is 1. The summed E-state index contributed by atoms with van der Waals surface area (Å²) in [6.07, 6.45) is 5.64. The van der Waals surface area contributed by atoms with Gasteiger partial charge < -0.3 is 14.5 Å². The fraction of sp³-hybridized carbons (Fsp3) is 0.591. The number of nitrogens with zero attached hydrogens (tertiary/aromatic N) is 2. The van der Waals surface area contributed by atoms with Crippen LogP contribution in [0.1, 0.15) is 49.7 Å². The van der Waals surface area contributed by atoms with Gasteiger partial charge in [-0.25, -0.2) is 0 Å². The van der Waals surface area contributed by atoms with Crippen molar-refractivity contribution in [1.82, 2.24) is 4.90 Å². The summed E-state index contributed by atoms with van der Waals surface area (Å²) in [4.78, 5) is 40.8. The average molecular weight is 386 g/mol. The summed E-state index contributed by atoms with van der Waals surface area (Å²) in [6.45, 7) is 5.53. The number of hydrogen-bond donors (Lipinski definition) is 0. The summed E-state index contributed by atoms with van der Waals surface area (Å²) in [5.74, 6) is -1.19. The smallest absolute Gasteiger partial charge is 0.311 e. The number of carbonyl (C=O) groups excluding carboxylic acids is 3. The third-order valence-corrected chi connectivity index (χ3v) is 5.87. The molecule has 3 rings (SSSR count). The molecule has 0 N–H and O–H groups in total. The Morgan fingerprint density at radius 1 is 1.07 bits per heavy atom. The van der Waals surface area contributed by atoms with Crippen LogP contribution in [0.25, 0.3) is 0 Å². The van der Waals surface area contributed by atoms with E-state index < -0.39 is 11.9 Å². The van der Waals surface area contributed by atoms with E-state index in [0.29, 0.717) is 6.54 Å². The van der Waals surface area contributed by atoms with Crippen LogP contribution in [0.5, 0.6) is 0 Å². The van der Waals surface area contributed by atoms with Gasteiger partial charge >= 0.3 is 5.97 Å². The van der Waals surface area contributed by atoms with E-state index in [0.717, 1.165) is 55.6 Å². The number of benzene rings is 1. The number of anilines is 1. The number of hydrogen-bond acceptors (Lipinski definition) is 4. The van der Waals surface area contributed by atoms with Crippen LogP contribution in [0.4, 0.5) is 5.69 Å². The van der Waals surface area contributed by atoms with Gasteiger partial charge in [-0.1, -0.05) is 31.4 Å². The fourth-order valence-corrected chi connectivity index (χ4v) is 3.97. The highest BCUT2D eigenvalue weighted by Gasteiger charge is 2.37. The topological polar surface area (TPSA) is 66.9 Å². The molecule has 28 heavy (non-hydrogen) atoms. The molecular weight excluding hydrogens is 356 g/mol. The highest BCUT2D eigenvalue weighted by molar-refractivity contribution is 6.00. The molecule has 1 aromatic carbocycles. The molecule has 2 fully saturated rings. The molecule has 0 unspecified atom stereocenters. The number of likely N-dealkylation sites (tertiary alicyclic amines) is 1. The fourth-order valence-electron chi connectivity index (χ4n) is 3.97. The number of amides is 2. The predicted molar refractivity (Wildman–Crippen MR) is 107 cm³/mol. The summed E-state index contributed by atoms with van der Waals surface area (Å²) in [7, 11) is 0. The Bertz CT molecular complexity index is 738. The van der Waals surface area contributed by atoms with Gasteiger partial charge in [-0.15, -0.1) is 0 Å². The monoisotopic (exact) mass is 386 g/mol. The molecule has 0 aliphatic carbocycles. The van der Waals surface area contributed by atoms with E-state index in [1.54, 1.807) is 9.80 Å². The first-order valence-electron chi connectivity index (χ1n) is 10.3. The Balaban J connectivity index is 1.54. The Morgan fingerprint density at radius 2 is 1.75 bits per heavy atom. The Kier molecular flexibility index (Phi) is 6.70. The SMILES string of the molecule is Cc1cccc(N2C[C@@H](C(=O)OCC(=O)N3CCCCCCC3)CC2=O)c1C. The van der Waals surface area contributed by atoms with Gasteiger partial charge in [0.1, 0.15) is 0 Å². The number of esters is 1. The molecule has 0 radical (unpaired) electrons. The molecule has 2 amide bonds. The standard InChI is InChI=1S/C22H30N2O4/c1-16-9-8-10-19(17(16)2)24-14-18(13-20(24)25)22(27)28-15-21(26)23-11-6-4-3-5-7-12-23/h8-10,18H,3-7,11-15H2,1-2H3/t18-/m0/s1. The molecule has 6 nitrogen and oxygen atoms in total. The Morgan fingerprint density at radius 3 is 2.46 bits per heavy atom. The van der Waals surface area contributed by atoms with Gasteiger partial charge in [0.05, 0.1) is 5.92 Å².